The van der Waals surface area contributed by atoms with Crippen LogP contribution in [0.1, 0.15) is 15.9 Å². The number of amides is 1. The maximum absolute atomic E-state index is 12.0. The normalized spacial score (nSPS) is 10.1. The van der Waals surface area contributed by atoms with Crippen LogP contribution in [-0.2, 0) is 6.54 Å². The van der Waals surface area contributed by atoms with Gasteiger partial charge in [0.15, 0.2) is 0 Å². The molecule has 0 saturated carbocycles. The van der Waals surface area contributed by atoms with Crippen LogP contribution >= 0.6 is 11.6 Å². The number of pyridine rings is 1. The average Bonchev–Trinajstić information content (AvgIpc) is 2.48. The SMILES string of the molecule is COc1cc(CNC(=O)c2cccc(N)c2Cl)ccn1. The fourth-order valence-corrected chi connectivity index (χ4v) is 1.89. The molecule has 5 nitrogen and oxygen atoms in total. The Morgan fingerprint density at radius 2 is 2.25 bits per heavy atom. The first kappa shape index (κ1) is 14.1. The molecule has 0 saturated heterocycles. The van der Waals surface area contributed by atoms with Crippen molar-refractivity contribution in [2.24, 2.45) is 0 Å². The number of halogens is 1. The molecule has 0 aliphatic rings. The lowest BCUT2D eigenvalue weighted by atomic mass is 10.2. The minimum atomic E-state index is -0.280. The number of nitrogens with two attached hydrogens (primary N) is 1. The van der Waals surface area contributed by atoms with E-state index in [1.165, 1.54) is 7.11 Å². The minimum Gasteiger partial charge on any atom is -0.481 e. The summed E-state index contributed by atoms with van der Waals surface area (Å²) in [4.78, 5) is 16.0. The van der Waals surface area contributed by atoms with Crippen LogP contribution in [0.3, 0.4) is 0 Å². The fourth-order valence-electron chi connectivity index (χ4n) is 1.67. The Balaban J connectivity index is 2.06. The standard InChI is InChI=1S/C14H14ClN3O2/c1-20-12-7-9(5-6-17-12)8-18-14(19)10-3-2-4-11(16)13(10)15/h2-7H,8,16H2,1H3,(H,18,19). The predicted molar refractivity (Wildman–Crippen MR) is 77.8 cm³/mol. The van der Waals surface area contributed by atoms with Gasteiger partial charge in [-0.25, -0.2) is 4.98 Å². The quantitative estimate of drug-likeness (QED) is 0.847. The van der Waals surface area contributed by atoms with E-state index in [-0.39, 0.29) is 10.9 Å². The molecule has 6 heteroatoms. The van der Waals surface area contributed by atoms with E-state index in [0.717, 1.165) is 5.56 Å². The van der Waals surface area contributed by atoms with Crippen molar-refractivity contribution >= 4 is 23.2 Å². The van der Waals surface area contributed by atoms with Crippen molar-refractivity contribution < 1.29 is 9.53 Å². The predicted octanol–water partition coefficient (Wildman–Crippen LogP) is 2.26. The maximum Gasteiger partial charge on any atom is 0.253 e. The molecule has 2 aromatic rings. The molecular formula is C14H14ClN3O2. The van der Waals surface area contributed by atoms with Crippen molar-refractivity contribution in [2.45, 2.75) is 6.54 Å². The average molecular weight is 292 g/mol. The molecule has 0 spiro atoms. The molecule has 20 heavy (non-hydrogen) atoms. The monoisotopic (exact) mass is 291 g/mol. The summed E-state index contributed by atoms with van der Waals surface area (Å²) in [5, 5.41) is 3.03. The molecule has 3 N–H and O–H groups in total. The second-order valence-corrected chi connectivity index (χ2v) is 4.48. The van der Waals surface area contributed by atoms with Crippen molar-refractivity contribution in [3.05, 3.63) is 52.7 Å². The highest BCUT2D eigenvalue weighted by molar-refractivity contribution is 6.36. The molecule has 1 heterocycles. The van der Waals surface area contributed by atoms with Gasteiger partial charge in [-0.2, -0.15) is 0 Å². The van der Waals surface area contributed by atoms with Crippen molar-refractivity contribution in [1.29, 1.82) is 0 Å². The Bertz CT molecular complexity index is 632. The van der Waals surface area contributed by atoms with Crippen LogP contribution in [-0.4, -0.2) is 18.0 Å². The molecule has 0 aliphatic heterocycles. The Kier molecular flexibility index (Phi) is 4.42. The third-order valence-electron chi connectivity index (χ3n) is 2.73. The van der Waals surface area contributed by atoms with Gasteiger partial charge in [-0.05, 0) is 23.8 Å². The molecule has 2 rings (SSSR count). The van der Waals surface area contributed by atoms with Crippen LogP contribution in [0, 0.1) is 0 Å². The highest BCUT2D eigenvalue weighted by atomic mass is 35.5. The summed E-state index contributed by atoms with van der Waals surface area (Å²) in [5.74, 6) is 0.219. The molecule has 0 radical (unpaired) electrons. The Hall–Kier alpha value is -2.27. The summed E-state index contributed by atoms with van der Waals surface area (Å²) in [7, 11) is 1.54. The number of ether oxygens (including phenoxy) is 1. The fraction of sp³-hybridized carbons (Fsp3) is 0.143. The van der Waals surface area contributed by atoms with Crippen molar-refractivity contribution in [3.63, 3.8) is 0 Å². The third-order valence-corrected chi connectivity index (χ3v) is 3.16. The van der Waals surface area contributed by atoms with Crippen molar-refractivity contribution in [1.82, 2.24) is 10.3 Å². The Morgan fingerprint density at radius 3 is 3.00 bits per heavy atom. The number of benzene rings is 1. The van der Waals surface area contributed by atoms with E-state index < -0.39 is 0 Å². The van der Waals surface area contributed by atoms with Crippen LogP contribution < -0.4 is 15.8 Å². The number of hydrogen-bond donors (Lipinski definition) is 2. The summed E-state index contributed by atoms with van der Waals surface area (Å²) in [6.45, 7) is 0.350. The molecule has 0 atom stereocenters. The molecule has 1 aromatic carbocycles. The van der Waals surface area contributed by atoms with E-state index in [1.54, 1.807) is 36.5 Å². The molecule has 1 amide bonds. The van der Waals surface area contributed by atoms with Crippen molar-refractivity contribution in [3.8, 4) is 5.88 Å². The second-order valence-electron chi connectivity index (χ2n) is 4.10. The summed E-state index contributed by atoms with van der Waals surface area (Å²) < 4.78 is 5.02. The topological polar surface area (TPSA) is 77.2 Å². The lowest BCUT2D eigenvalue weighted by Gasteiger charge is -2.08. The van der Waals surface area contributed by atoms with E-state index in [0.29, 0.717) is 23.7 Å². The first-order chi connectivity index (χ1) is 9.61. The van der Waals surface area contributed by atoms with Gasteiger partial charge in [0.25, 0.3) is 5.91 Å². The number of carbonyl (C=O) groups is 1. The highest BCUT2D eigenvalue weighted by Crippen LogP contribution is 2.22. The number of aromatic nitrogens is 1. The number of nitrogen functional groups attached to an aromatic ring is 1. The van der Waals surface area contributed by atoms with Crippen LogP contribution in [0.5, 0.6) is 5.88 Å². The lowest BCUT2D eigenvalue weighted by Crippen LogP contribution is -2.23. The van der Waals surface area contributed by atoms with Crippen LogP contribution in [0.2, 0.25) is 5.02 Å². The van der Waals surface area contributed by atoms with Gasteiger partial charge in [0, 0.05) is 18.8 Å². The van der Waals surface area contributed by atoms with Crippen molar-refractivity contribution in [2.75, 3.05) is 12.8 Å². The number of nitrogens with one attached hydrogen (secondary N) is 1. The van der Waals surface area contributed by atoms with Crippen LogP contribution in [0.25, 0.3) is 0 Å². The third kappa shape index (κ3) is 3.19. The van der Waals surface area contributed by atoms with Gasteiger partial charge in [0.1, 0.15) is 0 Å². The zero-order chi connectivity index (χ0) is 14.5. The molecule has 1 aromatic heterocycles. The summed E-state index contributed by atoms with van der Waals surface area (Å²) in [6, 6.07) is 8.50. The van der Waals surface area contributed by atoms with Gasteiger partial charge in [-0.3, -0.25) is 4.79 Å². The van der Waals surface area contributed by atoms with E-state index in [4.69, 9.17) is 22.1 Å². The van der Waals surface area contributed by atoms with Gasteiger partial charge in [-0.1, -0.05) is 17.7 Å². The number of carbonyl (C=O) groups excluding carboxylic acids is 1. The van der Waals surface area contributed by atoms with Crippen LogP contribution in [0.15, 0.2) is 36.5 Å². The second kappa shape index (κ2) is 6.25. The van der Waals surface area contributed by atoms with E-state index in [1.807, 2.05) is 0 Å². The number of rotatable bonds is 4. The van der Waals surface area contributed by atoms with Gasteiger partial charge < -0.3 is 15.8 Å². The smallest absolute Gasteiger partial charge is 0.253 e. The Labute approximate surface area is 121 Å². The molecule has 0 fully saturated rings. The number of nitrogens with zero attached hydrogens (tertiary/aromatic N) is 1. The number of hydrogen-bond acceptors (Lipinski definition) is 4. The van der Waals surface area contributed by atoms with Gasteiger partial charge in [-0.15, -0.1) is 0 Å². The lowest BCUT2D eigenvalue weighted by molar-refractivity contribution is 0.0951. The van der Waals surface area contributed by atoms with E-state index in [2.05, 4.69) is 10.3 Å². The largest absolute Gasteiger partial charge is 0.481 e. The summed E-state index contributed by atoms with van der Waals surface area (Å²) >= 11 is 6.00. The summed E-state index contributed by atoms with van der Waals surface area (Å²) in [5.41, 5.74) is 7.28. The van der Waals surface area contributed by atoms with E-state index in [9.17, 15) is 4.79 Å². The zero-order valence-corrected chi connectivity index (χ0v) is 11.6. The maximum atomic E-state index is 12.0. The zero-order valence-electron chi connectivity index (χ0n) is 10.9. The number of methoxy groups -OCH3 is 1. The molecule has 104 valence electrons. The Morgan fingerprint density at radius 1 is 1.45 bits per heavy atom. The highest BCUT2D eigenvalue weighted by Gasteiger charge is 2.11. The first-order valence-corrected chi connectivity index (χ1v) is 6.30. The van der Waals surface area contributed by atoms with Gasteiger partial charge in [0.2, 0.25) is 5.88 Å². The molecule has 0 bridgehead atoms. The minimum absolute atomic E-state index is 0.261. The molecular weight excluding hydrogens is 278 g/mol. The molecule has 0 aliphatic carbocycles. The molecule has 0 unspecified atom stereocenters. The number of anilines is 1. The van der Waals surface area contributed by atoms with Gasteiger partial charge in [0.05, 0.1) is 23.4 Å². The van der Waals surface area contributed by atoms with Gasteiger partial charge >= 0.3 is 0 Å². The summed E-state index contributed by atoms with van der Waals surface area (Å²) in [6.07, 6.45) is 1.62. The first-order valence-electron chi connectivity index (χ1n) is 5.93. The van der Waals surface area contributed by atoms with Crippen LogP contribution in [0.4, 0.5) is 5.69 Å². The van der Waals surface area contributed by atoms with E-state index >= 15 is 0 Å².